The number of nitrogens with two attached hydrogens (primary N) is 2. The van der Waals surface area contributed by atoms with Crippen LogP contribution < -0.4 is 22.3 Å². The molecule has 45 heavy (non-hydrogen) atoms. The number of hydrogen-bond donors (Lipinski definition) is 6. The van der Waals surface area contributed by atoms with Crippen molar-refractivity contribution < 1.29 is 20.0 Å². The van der Waals surface area contributed by atoms with Gasteiger partial charge in [-0.25, -0.2) is 10.7 Å². The van der Waals surface area contributed by atoms with Crippen LogP contribution in [0.4, 0.5) is 5.69 Å². The number of halogens is 1. The molecular formula is C32H33ClN8O4. The van der Waals surface area contributed by atoms with Gasteiger partial charge in [0.1, 0.15) is 0 Å². The molecule has 6 rings (SSSR count). The maximum Gasteiger partial charge on any atom is 0.251 e. The molecule has 12 nitrogen and oxygen atoms in total. The summed E-state index contributed by atoms with van der Waals surface area (Å²) in [6.07, 6.45) is 6.41. The van der Waals surface area contributed by atoms with Crippen molar-refractivity contribution in [1.29, 1.82) is 0 Å². The van der Waals surface area contributed by atoms with Crippen molar-refractivity contribution in [2.75, 3.05) is 0 Å². The number of rotatable bonds is 5. The SMILES string of the molecule is Cl.NC(=NO)c1cnc2c(c1)CCC2NC(=O)c1ccccc1.NO.[C-]#[N+]c1cnc2c(c1)CCC2NC(=O)c1ccccc1. The number of nitrogens with zero attached hydrogens (tertiary/aromatic N) is 4. The monoisotopic (exact) mass is 628 g/mol. The van der Waals surface area contributed by atoms with Gasteiger partial charge in [-0.2, -0.15) is 0 Å². The Morgan fingerprint density at radius 2 is 1.27 bits per heavy atom. The molecule has 0 bridgehead atoms. The van der Waals surface area contributed by atoms with Gasteiger partial charge in [-0.1, -0.05) is 41.6 Å². The predicted molar refractivity (Wildman–Crippen MR) is 170 cm³/mol. The van der Waals surface area contributed by atoms with Crippen LogP contribution in [0.1, 0.15) is 73.7 Å². The zero-order valence-corrected chi connectivity index (χ0v) is 24.9. The topological polar surface area (TPSA) is 193 Å². The molecule has 0 fully saturated rings. The molecular weight excluding hydrogens is 596 g/mol. The first-order chi connectivity index (χ1) is 21.5. The quantitative estimate of drug-likeness (QED) is 0.0615. The van der Waals surface area contributed by atoms with Crippen LogP contribution in [0.25, 0.3) is 4.85 Å². The molecule has 13 heteroatoms. The average Bonchev–Trinajstić information content (AvgIpc) is 3.69. The molecule has 2 aliphatic rings. The fourth-order valence-corrected chi connectivity index (χ4v) is 5.13. The molecule has 0 radical (unpaired) electrons. The lowest BCUT2D eigenvalue weighted by Crippen LogP contribution is -2.27. The molecule has 2 heterocycles. The van der Waals surface area contributed by atoms with E-state index < -0.39 is 0 Å². The van der Waals surface area contributed by atoms with Gasteiger partial charge in [0, 0.05) is 29.1 Å². The van der Waals surface area contributed by atoms with E-state index in [4.69, 9.17) is 22.7 Å². The highest BCUT2D eigenvalue weighted by Gasteiger charge is 2.27. The Hall–Kier alpha value is -5.35. The summed E-state index contributed by atoms with van der Waals surface area (Å²) < 4.78 is 0. The largest absolute Gasteiger partial charge is 0.409 e. The molecule has 4 aromatic rings. The normalized spacial score (nSPS) is 15.7. The first-order valence-electron chi connectivity index (χ1n) is 13.8. The average molecular weight is 629 g/mol. The fourth-order valence-electron chi connectivity index (χ4n) is 5.13. The fraction of sp³-hybridized carbons (Fsp3) is 0.188. The molecule has 0 spiro atoms. The van der Waals surface area contributed by atoms with Gasteiger partial charge in [0.05, 0.1) is 30.0 Å². The minimum atomic E-state index is -0.110. The van der Waals surface area contributed by atoms with Crippen molar-refractivity contribution in [1.82, 2.24) is 20.6 Å². The second-order valence-electron chi connectivity index (χ2n) is 9.96. The third-order valence-corrected chi connectivity index (χ3v) is 7.27. The van der Waals surface area contributed by atoms with Crippen molar-refractivity contribution >= 4 is 35.7 Å². The van der Waals surface area contributed by atoms with Crippen molar-refractivity contribution in [2.24, 2.45) is 16.8 Å². The molecule has 2 unspecified atom stereocenters. The highest BCUT2D eigenvalue weighted by molar-refractivity contribution is 5.97. The number of oxime groups is 1. The lowest BCUT2D eigenvalue weighted by atomic mass is 10.1. The van der Waals surface area contributed by atoms with Gasteiger partial charge in [0.15, 0.2) is 5.84 Å². The lowest BCUT2D eigenvalue weighted by Gasteiger charge is -2.13. The summed E-state index contributed by atoms with van der Waals surface area (Å²) in [5, 5.41) is 24.2. The van der Waals surface area contributed by atoms with Gasteiger partial charge in [0.25, 0.3) is 11.8 Å². The Balaban J connectivity index is 0.000000229. The second kappa shape index (κ2) is 16.5. The van der Waals surface area contributed by atoms with Gasteiger partial charge in [-0.3, -0.25) is 19.6 Å². The lowest BCUT2D eigenvalue weighted by molar-refractivity contribution is 0.0927. The molecule has 2 aromatic carbocycles. The van der Waals surface area contributed by atoms with E-state index in [-0.39, 0.29) is 42.1 Å². The van der Waals surface area contributed by atoms with E-state index in [0.29, 0.717) is 22.4 Å². The number of pyridine rings is 2. The van der Waals surface area contributed by atoms with Crippen molar-refractivity contribution in [3.8, 4) is 0 Å². The Kier molecular flexibility index (Phi) is 12.5. The zero-order valence-electron chi connectivity index (χ0n) is 24.1. The third kappa shape index (κ3) is 8.39. The number of amidine groups is 1. The second-order valence-corrected chi connectivity index (χ2v) is 9.96. The number of aryl methyl sites for hydroxylation is 2. The van der Waals surface area contributed by atoms with Crippen LogP contribution in [0.2, 0.25) is 0 Å². The van der Waals surface area contributed by atoms with Crippen LogP contribution in [-0.2, 0) is 12.8 Å². The van der Waals surface area contributed by atoms with E-state index >= 15 is 0 Å². The van der Waals surface area contributed by atoms with E-state index in [1.54, 1.807) is 36.7 Å². The number of hydrogen-bond acceptors (Lipinski definition) is 8. The molecule has 0 aliphatic heterocycles. The number of carbonyl (C=O) groups is 2. The summed E-state index contributed by atoms with van der Waals surface area (Å²) in [7, 11) is 0. The van der Waals surface area contributed by atoms with E-state index in [2.05, 4.69) is 36.5 Å². The smallest absolute Gasteiger partial charge is 0.251 e. The molecule has 2 atom stereocenters. The Bertz CT molecular complexity index is 1680. The number of aromatic nitrogens is 2. The summed E-state index contributed by atoms with van der Waals surface area (Å²) in [5.41, 5.74) is 11.8. The molecule has 0 saturated heterocycles. The molecule has 2 amide bonds. The third-order valence-electron chi connectivity index (χ3n) is 7.27. The number of nitrogens with one attached hydrogen (secondary N) is 2. The molecule has 8 N–H and O–H groups in total. The van der Waals surface area contributed by atoms with Gasteiger partial charge in [0.2, 0.25) is 5.69 Å². The van der Waals surface area contributed by atoms with Crippen LogP contribution in [0.3, 0.4) is 0 Å². The van der Waals surface area contributed by atoms with E-state index in [0.717, 1.165) is 48.2 Å². The number of amides is 2. The Morgan fingerprint density at radius 1 is 0.800 bits per heavy atom. The predicted octanol–water partition coefficient (Wildman–Crippen LogP) is 4.40. The first kappa shape index (κ1) is 34.1. The maximum atomic E-state index is 12.2. The molecule has 2 aromatic heterocycles. The highest BCUT2D eigenvalue weighted by Crippen LogP contribution is 2.32. The van der Waals surface area contributed by atoms with Gasteiger partial charge < -0.3 is 26.8 Å². The van der Waals surface area contributed by atoms with Gasteiger partial charge in [-0.05, 0) is 73.2 Å². The van der Waals surface area contributed by atoms with E-state index in [9.17, 15) is 9.59 Å². The molecule has 232 valence electrons. The summed E-state index contributed by atoms with van der Waals surface area (Å²) in [5.74, 6) is 3.34. The van der Waals surface area contributed by atoms with Crippen LogP contribution in [0.5, 0.6) is 0 Å². The van der Waals surface area contributed by atoms with Gasteiger partial charge in [-0.15, -0.1) is 12.4 Å². The zero-order chi connectivity index (χ0) is 31.5. The number of fused-ring (bicyclic) bond motifs is 2. The van der Waals surface area contributed by atoms with Crippen LogP contribution in [0, 0.1) is 6.57 Å². The summed E-state index contributed by atoms with van der Waals surface area (Å²) >= 11 is 0. The van der Waals surface area contributed by atoms with Crippen LogP contribution in [-0.4, -0.2) is 38.0 Å². The number of benzene rings is 2. The highest BCUT2D eigenvalue weighted by atomic mass is 35.5. The van der Waals surface area contributed by atoms with Crippen molar-refractivity contribution in [3.63, 3.8) is 0 Å². The van der Waals surface area contributed by atoms with Gasteiger partial charge >= 0.3 is 0 Å². The van der Waals surface area contributed by atoms with Crippen LogP contribution in [0.15, 0.2) is 90.3 Å². The maximum absolute atomic E-state index is 12.2. The summed E-state index contributed by atoms with van der Waals surface area (Å²) in [6, 6.07) is 21.8. The summed E-state index contributed by atoms with van der Waals surface area (Å²) in [4.78, 5) is 36.4. The standard InChI is InChI=1S/C16H16N4O2.C16H13N3O.ClH.H3NO/c17-15(20-22)12-8-11-6-7-13(14(11)18-9-12)19-16(21)10-4-2-1-3-5-10;1-17-13-9-12-7-8-14(15(12)18-10-13)19-16(20)11-5-3-2-4-6-11;;1-2/h1-5,8-9,13,22H,6-7H2,(H2,17,20)(H,19,21);2-6,9-10,14H,7-8H2,(H,19,20);1H;2H,1H2. The van der Waals surface area contributed by atoms with E-state index in [1.807, 2.05) is 48.5 Å². The van der Waals surface area contributed by atoms with Crippen molar-refractivity contribution in [3.05, 3.63) is 136 Å². The Morgan fingerprint density at radius 3 is 1.73 bits per heavy atom. The first-order valence-corrected chi connectivity index (χ1v) is 13.8. The Labute approximate surface area is 266 Å². The van der Waals surface area contributed by atoms with Crippen LogP contribution >= 0.6 is 12.4 Å². The molecule has 0 saturated carbocycles. The minimum Gasteiger partial charge on any atom is -0.409 e. The minimum absolute atomic E-state index is 0. The van der Waals surface area contributed by atoms with Crippen molar-refractivity contribution in [2.45, 2.75) is 37.8 Å². The summed E-state index contributed by atoms with van der Waals surface area (Å²) in [6.45, 7) is 7.00. The number of carbonyl (C=O) groups excluding carboxylic acids is 2. The van der Waals surface area contributed by atoms with E-state index in [1.165, 1.54) is 0 Å². The molecule has 2 aliphatic carbocycles.